The molecule has 0 N–H and O–H groups in total. The molecule has 0 radical (unpaired) electrons. The lowest BCUT2D eigenvalue weighted by Gasteiger charge is -2.35. The molecular formula is C17H19NO4. The molecule has 1 aromatic carbocycles. The van der Waals surface area contributed by atoms with Gasteiger partial charge in [-0.1, -0.05) is 30.3 Å². The van der Waals surface area contributed by atoms with Crippen LogP contribution >= 0.6 is 0 Å². The number of fused-ring (bicyclic) bond motifs is 1. The Balaban J connectivity index is 1.54. The van der Waals surface area contributed by atoms with E-state index in [0.29, 0.717) is 39.0 Å². The Bertz CT molecular complexity index is 594. The van der Waals surface area contributed by atoms with Crippen LogP contribution in [0.2, 0.25) is 0 Å². The molecule has 2 heterocycles. The van der Waals surface area contributed by atoms with Gasteiger partial charge in [0.1, 0.15) is 0 Å². The molecule has 5 nitrogen and oxygen atoms in total. The molecule has 5 heteroatoms. The van der Waals surface area contributed by atoms with Gasteiger partial charge >= 0.3 is 0 Å². The van der Waals surface area contributed by atoms with E-state index in [1.807, 2.05) is 30.3 Å². The number of likely N-dealkylation sites (tertiary alicyclic amines) is 1. The van der Waals surface area contributed by atoms with Crippen molar-refractivity contribution in [1.82, 2.24) is 4.90 Å². The average molecular weight is 301 g/mol. The molecule has 1 aliphatic carbocycles. The molecule has 2 aliphatic heterocycles. The quantitative estimate of drug-likeness (QED) is 0.780. The number of imide groups is 1. The summed E-state index contributed by atoms with van der Waals surface area (Å²) in [5.41, 5.74) is 0.978. The van der Waals surface area contributed by atoms with Crippen LogP contribution in [0.3, 0.4) is 0 Å². The normalized spacial score (nSPS) is 30.1. The number of ether oxygens (including phenoxy) is 2. The highest BCUT2D eigenvalue weighted by molar-refractivity contribution is 6.05. The van der Waals surface area contributed by atoms with Crippen molar-refractivity contribution < 1.29 is 19.1 Å². The van der Waals surface area contributed by atoms with Crippen molar-refractivity contribution >= 4 is 11.8 Å². The first kappa shape index (κ1) is 13.9. The van der Waals surface area contributed by atoms with Crippen molar-refractivity contribution in [3.63, 3.8) is 0 Å². The molecule has 2 unspecified atom stereocenters. The number of hydrogen-bond acceptors (Lipinski definition) is 4. The Morgan fingerprint density at radius 2 is 1.73 bits per heavy atom. The number of rotatable bonds is 2. The molecule has 116 valence electrons. The smallest absolute Gasteiger partial charge is 0.233 e. The van der Waals surface area contributed by atoms with Crippen molar-refractivity contribution in [3.8, 4) is 0 Å². The maximum absolute atomic E-state index is 12.7. The molecule has 0 aromatic heterocycles. The van der Waals surface area contributed by atoms with Gasteiger partial charge in [-0.25, -0.2) is 0 Å². The monoisotopic (exact) mass is 301 g/mol. The molecule has 4 rings (SSSR count). The zero-order chi connectivity index (χ0) is 15.2. The van der Waals surface area contributed by atoms with Crippen LogP contribution < -0.4 is 0 Å². The van der Waals surface area contributed by atoms with Crippen LogP contribution in [0.25, 0.3) is 0 Å². The van der Waals surface area contributed by atoms with Crippen LogP contribution in [-0.4, -0.2) is 35.7 Å². The molecule has 2 amide bonds. The van der Waals surface area contributed by atoms with E-state index < -0.39 is 5.79 Å². The minimum absolute atomic E-state index is 0.0355. The van der Waals surface area contributed by atoms with E-state index in [1.165, 1.54) is 4.90 Å². The molecule has 2 atom stereocenters. The largest absolute Gasteiger partial charge is 0.348 e. The van der Waals surface area contributed by atoms with Crippen LogP contribution in [0.5, 0.6) is 0 Å². The fourth-order valence-electron chi connectivity index (χ4n) is 3.90. The van der Waals surface area contributed by atoms with Gasteiger partial charge in [0, 0.05) is 12.8 Å². The third-order valence-corrected chi connectivity index (χ3v) is 5.02. The standard InChI is InChI=1S/C17H19NO4/c19-15-13-6-7-17(21-8-9-22-17)10-14(13)16(20)18(15)11-12-4-2-1-3-5-12/h1-5,13-14H,6-11H2. The van der Waals surface area contributed by atoms with E-state index in [1.54, 1.807) is 0 Å². The first-order valence-electron chi connectivity index (χ1n) is 7.86. The first-order chi connectivity index (χ1) is 10.7. The number of benzene rings is 1. The number of amides is 2. The lowest BCUT2D eigenvalue weighted by atomic mass is 9.77. The van der Waals surface area contributed by atoms with Gasteiger partial charge in [0.2, 0.25) is 11.8 Å². The van der Waals surface area contributed by atoms with Crippen LogP contribution in [-0.2, 0) is 25.6 Å². The summed E-state index contributed by atoms with van der Waals surface area (Å²) in [6.07, 6.45) is 1.88. The van der Waals surface area contributed by atoms with E-state index in [0.717, 1.165) is 5.56 Å². The lowest BCUT2D eigenvalue weighted by molar-refractivity contribution is -0.193. The van der Waals surface area contributed by atoms with Crippen molar-refractivity contribution in [3.05, 3.63) is 35.9 Å². The van der Waals surface area contributed by atoms with E-state index in [-0.39, 0.29) is 23.7 Å². The van der Waals surface area contributed by atoms with Crippen molar-refractivity contribution in [2.45, 2.75) is 31.6 Å². The molecule has 22 heavy (non-hydrogen) atoms. The number of nitrogens with zero attached hydrogens (tertiary/aromatic N) is 1. The second-order valence-electron chi connectivity index (χ2n) is 6.31. The van der Waals surface area contributed by atoms with Gasteiger partial charge in [0.15, 0.2) is 5.79 Å². The highest BCUT2D eigenvalue weighted by Gasteiger charge is 2.55. The third-order valence-electron chi connectivity index (χ3n) is 5.02. The zero-order valence-electron chi connectivity index (χ0n) is 12.4. The summed E-state index contributed by atoms with van der Waals surface area (Å²) in [5, 5.41) is 0. The molecule has 1 saturated carbocycles. The zero-order valence-corrected chi connectivity index (χ0v) is 12.4. The first-order valence-corrected chi connectivity index (χ1v) is 7.86. The van der Waals surface area contributed by atoms with Crippen LogP contribution in [0.1, 0.15) is 24.8 Å². The summed E-state index contributed by atoms with van der Waals surface area (Å²) in [5.74, 6) is -1.22. The number of hydrogen-bond donors (Lipinski definition) is 0. The SMILES string of the molecule is O=C1C2CCC3(CC2C(=O)N1Cc1ccccc1)OCCO3. The highest BCUT2D eigenvalue weighted by atomic mass is 16.7. The van der Waals surface area contributed by atoms with Gasteiger partial charge in [-0.05, 0) is 12.0 Å². The van der Waals surface area contributed by atoms with Gasteiger partial charge in [-0.3, -0.25) is 14.5 Å². The molecule has 2 saturated heterocycles. The fraction of sp³-hybridized carbons (Fsp3) is 0.529. The molecule has 3 fully saturated rings. The lowest BCUT2D eigenvalue weighted by Crippen LogP contribution is -2.41. The summed E-state index contributed by atoms with van der Waals surface area (Å²) >= 11 is 0. The average Bonchev–Trinajstić information content (AvgIpc) is 3.08. The van der Waals surface area contributed by atoms with Crippen LogP contribution in [0.15, 0.2) is 30.3 Å². The van der Waals surface area contributed by atoms with Gasteiger partial charge in [-0.2, -0.15) is 0 Å². The van der Waals surface area contributed by atoms with Crippen LogP contribution in [0.4, 0.5) is 0 Å². The van der Waals surface area contributed by atoms with Gasteiger partial charge in [0.05, 0.1) is 31.6 Å². The Hall–Kier alpha value is -1.72. The van der Waals surface area contributed by atoms with E-state index in [4.69, 9.17) is 9.47 Å². The molecule has 1 aromatic rings. The topological polar surface area (TPSA) is 55.8 Å². The summed E-state index contributed by atoms with van der Waals surface area (Å²) in [4.78, 5) is 26.7. The minimum atomic E-state index is -0.625. The predicted octanol–water partition coefficient (Wildman–Crippen LogP) is 1.71. The Morgan fingerprint density at radius 1 is 1.05 bits per heavy atom. The Labute approximate surface area is 129 Å². The second-order valence-corrected chi connectivity index (χ2v) is 6.31. The second kappa shape index (κ2) is 5.18. The van der Waals surface area contributed by atoms with Crippen molar-refractivity contribution in [1.29, 1.82) is 0 Å². The van der Waals surface area contributed by atoms with Crippen LogP contribution in [0, 0.1) is 11.8 Å². The number of carbonyl (C=O) groups excluding carboxylic acids is 2. The van der Waals surface area contributed by atoms with E-state index >= 15 is 0 Å². The molecule has 1 spiro atoms. The summed E-state index contributed by atoms with van der Waals surface area (Å²) in [6, 6.07) is 9.64. The highest BCUT2D eigenvalue weighted by Crippen LogP contribution is 2.46. The predicted molar refractivity (Wildman–Crippen MR) is 77.5 cm³/mol. The van der Waals surface area contributed by atoms with Gasteiger partial charge in [-0.15, -0.1) is 0 Å². The fourth-order valence-corrected chi connectivity index (χ4v) is 3.90. The Kier molecular flexibility index (Phi) is 3.27. The molecular weight excluding hydrogens is 282 g/mol. The van der Waals surface area contributed by atoms with Crippen molar-refractivity contribution in [2.24, 2.45) is 11.8 Å². The summed E-state index contributed by atoms with van der Waals surface area (Å²) in [6.45, 7) is 1.51. The molecule has 3 aliphatic rings. The maximum atomic E-state index is 12.7. The summed E-state index contributed by atoms with van der Waals surface area (Å²) < 4.78 is 11.4. The maximum Gasteiger partial charge on any atom is 0.233 e. The molecule has 0 bridgehead atoms. The Morgan fingerprint density at radius 3 is 2.45 bits per heavy atom. The van der Waals surface area contributed by atoms with Gasteiger partial charge < -0.3 is 9.47 Å². The van der Waals surface area contributed by atoms with Crippen molar-refractivity contribution in [2.75, 3.05) is 13.2 Å². The number of carbonyl (C=O) groups is 2. The minimum Gasteiger partial charge on any atom is -0.348 e. The third kappa shape index (κ3) is 2.16. The summed E-state index contributed by atoms with van der Waals surface area (Å²) in [7, 11) is 0. The van der Waals surface area contributed by atoms with E-state index in [9.17, 15) is 9.59 Å². The van der Waals surface area contributed by atoms with Gasteiger partial charge in [0.25, 0.3) is 0 Å². The van der Waals surface area contributed by atoms with E-state index in [2.05, 4.69) is 0 Å².